The van der Waals surface area contributed by atoms with Crippen LogP contribution in [0.2, 0.25) is 0 Å². The van der Waals surface area contributed by atoms with Crippen molar-refractivity contribution in [1.29, 1.82) is 0 Å². The van der Waals surface area contributed by atoms with E-state index in [-0.39, 0.29) is 16.7 Å². The summed E-state index contributed by atoms with van der Waals surface area (Å²) in [6, 6.07) is 4.01. The molecule has 0 unspecified atom stereocenters. The lowest BCUT2D eigenvalue weighted by molar-refractivity contribution is 0.0951. The first kappa shape index (κ1) is 15.9. The predicted molar refractivity (Wildman–Crippen MR) is 86.0 cm³/mol. The highest BCUT2D eigenvalue weighted by Crippen LogP contribution is 2.39. The zero-order chi connectivity index (χ0) is 16.0. The minimum atomic E-state index is -0.208. The largest absolute Gasteiger partial charge is 0.507 e. The summed E-state index contributed by atoms with van der Waals surface area (Å²) in [7, 11) is 0. The van der Waals surface area contributed by atoms with Gasteiger partial charge in [-0.25, -0.2) is 0 Å². The van der Waals surface area contributed by atoms with Gasteiger partial charge in [0.25, 0.3) is 5.91 Å². The Labute approximate surface area is 127 Å². The van der Waals surface area contributed by atoms with Gasteiger partial charge in [-0.3, -0.25) is 4.79 Å². The molecule has 3 heteroatoms. The maximum atomic E-state index is 12.4. The van der Waals surface area contributed by atoms with Crippen LogP contribution in [0.1, 0.15) is 75.9 Å². The minimum absolute atomic E-state index is 0.0338. The average Bonchev–Trinajstić information content (AvgIpc) is 3.09. The van der Waals surface area contributed by atoms with Gasteiger partial charge in [0.15, 0.2) is 0 Å². The lowest BCUT2D eigenvalue weighted by atomic mass is 9.78. The van der Waals surface area contributed by atoms with Crippen LogP contribution in [-0.2, 0) is 10.8 Å². The van der Waals surface area contributed by atoms with Crippen molar-refractivity contribution in [3.8, 4) is 5.75 Å². The Morgan fingerprint density at radius 2 is 1.48 bits per heavy atom. The molecular weight excluding hydrogens is 262 g/mol. The zero-order valence-corrected chi connectivity index (χ0v) is 14.0. The second-order valence-electron chi connectivity index (χ2n) is 8.17. The SMILES string of the molecule is CC(C)(C)c1cc(C(=O)NC2CC2)cc(C(C)(C)C)c1O. The molecule has 1 aliphatic carbocycles. The van der Waals surface area contributed by atoms with E-state index in [9.17, 15) is 9.90 Å². The molecule has 1 saturated carbocycles. The first-order valence-electron chi connectivity index (χ1n) is 7.69. The van der Waals surface area contributed by atoms with Crippen molar-refractivity contribution in [2.24, 2.45) is 0 Å². The van der Waals surface area contributed by atoms with Gasteiger partial charge in [-0.05, 0) is 35.8 Å². The quantitative estimate of drug-likeness (QED) is 0.868. The zero-order valence-electron chi connectivity index (χ0n) is 14.0. The molecule has 116 valence electrons. The van der Waals surface area contributed by atoms with Gasteiger partial charge in [0.2, 0.25) is 0 Å². The van der Waals surface area contributed by atoms with Gasteiger partial charge in [-0.1, -0.05) is 41.5 Å². The number of aromatic hydroxyl groups is 1. The van der Waals surface area contributed by atoms with E-state index >= 15 is 0 Å². The smallest absolute Gasteiger partial charge is 0.251 e. The van der Waals surface area contributed by atoms with Crippen LogP contribution in [0.5, 0.6) is 5.75 Å². The highest BCUT2D eigenvalue weighted by molar-refractivity contribution is 5.95. The molecule has 0 radical (unpaired) electrons. The summed E-state index contributed by atoms with van der Waals surface area (Å²) in [6.07, 6.45) is 2.14. The Balaban J connectivity index is 2.53. The van der Waals surface area contributed by atoms with E-state index in [4.69, 9.17) is 0 Å². The topological polar surface area (TPSA) is 49.3 Å². The van der Waals surface area contributed by atoms with Crippen LogP contribution in [-0.4, -0.2) is 17.1 Å². The monoisotopic (exact) mass is 289 g/mol. The Bertz CT molecular complexity index is 523. The fourth-order valence-electron chi connectivity index (χ4n) is 2.41. The van der Waals surface area contributed by atoms with E-state index in [0.29, 0.717) is 17.4 Å². The van der Waals surface area contributed by atoms with E-state index < -0.39 is 0 Å². The van der Waals surface area contributed by atoms with Crippen molar-refractivity contribution >= 4 is 5.91 Å². The summed E-state index contributed by atoms with van der Waals surface area (Å²) in [5, 5.41) is 13.7. The molecule has 0 atom stereocenters. The molecule has 2 N–H and O–H groups in total. The third kappa shape index (κ3) is 3.58. The summed E-state index contributed by atoms with van der Waals surface area (Å²) in [4.78, 5) is 12.4. The van der Waals surface area contributed by atoms with E-state index in [2.05, 4.69) is 46.9 Å². The molecule has 21 heavy (non-hydrogen) atoms. The summed E-state index contributed by atoms with van der Waals surface area (Å²) >= 11 is 0. The number of benzene rings is 1. The number of carbonyl (C=O) groups excluding carboxylic acids is 1. The Morgan fingerprint density at radius 3 is 1.81 bits per heavy atom. The van der Waals surface area contributed by atoms with Crippen LogP contribution in [0, 0.1) is 0 Å². The third-order valence-electron chi connectivity index (χ3n) is 3.90. The van der Waals surface area contributed by atoms with Crippen molar-refractivity contribution in [2.75, 3.05) is 0 Å². The van der Waals surface area contributed by atoms with Crippen molar-refractivity contribution in [1.82, 2.24) is 5.32 Å². The lowest BCUT2D eigenvalue weighted by Crippen LogP contribution is -2.27. The van der Waals surface area contributed by atoms with Gasteiger partial charge in [0, 0.05) is 22.7 Å². The molecule has 0 spiro atoms. The molecule has 1 aromatic carbocycles. The molecule has 0 saturated heterocycles. The highest BCUT2D eigenvalue weighted by atomic mass is 16.3. The van der Waals surface area contributed by atoms with Gasteiger partial charge in [-0.15, -0.1) is 0 Å². The number of hydrogen-bond acceptors (Lipinski definition) is 2. The van der Waals surface area contributed by atoms with E-state index in [1.54, 1.807) is 0 Å². The highest BCUT2D eigenvalue weighted by Gasteiger charge is 2.29. The molecule has 0 heterocycles. The number of hydrogen-bond donors (Lipinski definition) is 2. The predicted octanol–water partition coefficient (Wildman–Crippen LogP) is 3.88. The number of phenolic OH excluding ortho intramolecular Hbond substituents is 1. The van der Waals surface area contributed by atoms with Crippen molar-refractivity contribution in [3.05, 3.63) is 28.8 Å². The Kier molecular flexibility index (Phi) is 3.81. The maximum absolute atomic E-state index is 12.4. The van der Waals surface area contributed by atoms with E-state index in [1.165, 1.54) is 0 Å². The van der Waals surface area contributed by atoms with Crippen LogP contribution in [0.4, 0.5) is 0 Å². The van der Waals surface area contributed by atoms with Gasteiger partial charge in [-0.2, -0.15) is 0 Å². The number of amides is 1. The molecule has 1 aromatic rings. The van der Waals surface area contributed by atoms with E-state index in [0.717, 1.165) is 24.0 Å². The summed E-state index contributed by atoms with van der Waals surface area (Å²) in [6.45, 7) is 12.3. The fraction of sp³-hybridized carbons (Fsp3) is 0.611. The number of rotatable bonds is 2. The van der Waals surface area contributed by atoms with Crippen LogP contribution >= 0.6 is 0 Å². The van der Waals surface area contributed by atoms with Gasteiger partial charge in [0.05, 0.1) is 0 Å². The average molecular weight is 289 g/mol. The Hall–Kier alpha value is -1.51. The summed E-state index contributed by atoms with van der Waals surface area (Å²) in [5.74, 6) is 0.284. The number of carbonyl (C=O) groups is 1. The van der Waals surface area contributed by atoms with E-state index in [1.807, 2.05) is 12.1 Å². The molecule has 1 aliphatic rings. The lowest BCUT2D eigenvalue weighted by Gasteiger charge is -2.28. The van der Waals surface area contributed by atoms with Crippen molar-refractivity contribution < 1.29 is 9.90 Å². The molecule has 1 amide bonds. The summed E-state index contributed by atoms with van der Waals surface area (Å²) in [5.41, 5.74) is 1.89. The maximum Gasteiger partial charge on any atom is 0.251 e. The van der Waals surface area contributed by atoms with Crippen LogP contribution < -0.4 is 5.32 Å². The van der Waals surface area contributed by atoms with Crippen molar-refractivity contribution in [3.63, 3.8) is 0 Å². The van der Waals surface area contributed by atoms with Gasteiger partial charge in [0.1, 0.15) is 5.75 Å². The molecule has 0 aromatic heterocycles. The van der Waals surface area contributed by atoms with Crippen LogP contribution in [0.25, 0.3) is 0 Å². The van der Waals surface area contributed by atoms with Crippen molar-refractivity contribution in [2.45, 2.75) is 71.3 Å². The number of nitrogens with one attached hydrogen (secondary N) is 1. The third-order valence-corrected chi connectivity index (χ3v) is 3.90. The minimum Gasteiger partial charge on any atom is -0.507 e. The second kappa shape index (κ2) is 5.04. The molecule has 0 aliphatic heterocycles. The van der Waals surface area contributed by atoms with Crippen LogP contribution in [0.3, 0.4) is 0 Å². The molecule has 1 fully saturated rings. The normalized spacial score (nSPS) is 15.9. The standard InChI is InChI=1S/C18H27NO2/c1-17(2,3)13-9-11(16(21)19-12-7-8-12)10-14(15(13)20)18(4,5)6/h9-10,12,20H,7-8H2,1-6H3,(H,19,21). The Morgan fingerprint density at radius 1 is 1.05 bits per heavy atom. The fourth-order valence-corrected chi connectivity index (χ4v) is 2.41. The molecule has 2 rings (SSSR count). The molecule has 0 bridgehead atoms. The van der Waals surface area contributed by atoms with Gasteiger partial charge < -0.3 is 10.4 Å². The summed E-state index contributed by atoms with van der Waals surface area (Å²) < 4.78 is 0. The second-order valence-corrected chi connectivity index (χ2v) is 8.17. The molecular formula is C18H27NO2. The van der Waals surface area contributed by atoms with Gasteiger partial charge >= 0.3 is 0 Å². The molecule has 3 nitrogen and oxygen atoms in total. The first-order chi connectivity index (χ1) is 9.50. The first-order valence-corrected chi connectivity index (χ1v) is 7.69. The van der Waals surface area contributed by atoms with Crippen LogP contribution in [0.15, 0.2) is 12.1 Å². The number of phenols is 1.